The molecule has 0 radical (unpaired) electrons. The summed E-state index contributed by atoms with van der Waals surface area (Å²) < 4.78 is 5.28. The number of aromatic amines is 1. The molecule has 5 nitrogen and oxygen atoms in total. The fraction of sp³-hybridized carbons (Fsp3) is 0.176. The Bertz CT molecular complexity index is 841. The highest BCUT2D eigenvalue weighted by molar-refractivity contribution is 5.94. The standard InChI is InChI=1S/C17H15N3O2/c1-11-7-13(8-14-16(11)19-10-18-14)20-15(9-22-17(20)21)12-5-3-2-4-6-12/h2-8,10,15H,9H2,1H3,(H,18,19). The van der Waals surface area contributed by atoms with Crippen LogP contribution in [-0.2, 0) is 4.74 Å². The molecule has 0 bridgehead atoms. The zero-order valence-electron chi connectivity index (χ0n) is 12.1. The fourth-order valence-corrected chi connectivity index (χ4v) is 2.97. The lowest BCUT2D eigenvalue weighted by Gasteiger charge is -2.22. The number of anilines is 1. The summed E-state index contributed by atoms with van der Waals surface area (Å²) in [5.74, 6) is 0. The van der Waals surface area contributed by atoms with Crippen molar-refractivity contribution in [3.8, 4) is 0 Å². The van der Waals surface area contributed by atoms with E-state index >= 15 is 0 Å². The highest BCUT2D eigenvalue weighted by Gasteiger charge is 2.35. The van der Waals surface area contributed by atoms with Crippen LogP contribution >= 0.6 is 0 Å². The van der Waals surface area contributed by atoms with Crippen molar-refractivity contribution in [2.75, 3.05) is 11.5 Å². The van der Waals surface area contributed by atoms with Crippen LogP contribution in [0.3, 0.4) is 0 Å². The van der Waals surface area contributed by atoms with Crippen molar-refractivity contribution in [1.29, 1.82) is 0 Å². The van der Waals surface area contributed by atoms with Crippen LogP contribution in [0.1, 0.15) is 17.2 Å². The monoisotopic (exact) mass is 293 g/mol. The van der Waals surface area contributed by atoms with E-state index < -0.39 is 0 Å². The van der Waals surface area contributed by atoms with Crippen molar-refractivity contribution in [2.45, 2.75) is 13.0 Å². The minimum absolute atomic E-state index is 0.107. The van der Waals surface area contributed by atoms with Crippen LogP contribution in [0.5, 0.6) is 0 Å². The van der Waals surface area contributed by atoms with E-state index in [4.69, 9.17) is 4.74 Å². The third-order valence-electron chi connectivity index (χ3n) is 4.05. The van der Waals surface area contributed by atoms with Crippen molar-refractivity contribution >= 4 is 22.8 Å². The highest BCUT2D eigenvalue weighted by atomic mass is 16.6. The molecule has 0 aliphatic carbocycles. The number of carbonyl (C=O) groups excluding carboxylic acids is 1. The number of carbonyl (C=O) groups is 1. The second-order valence-corrected chi connectivity index (χ2v) is 5.43. The lowest BCUT2D eigenvalue weighted by atomic mass is 10.1. The molecule has 1 aromatic heterocycles. The molecule has 1 unspecified atom stereocenters. The number of cyclic esters (lactones) is 1. The zero-order valence-corrected chi connectivity index (χ0v) is 12.1. The average molecular weight is 293 g/mol. The Morgan fingerprint density at radius 1 is 1.27 bits per heavy atom. The SMILES string of the molecule is Cc1cc(N2C(=O)OCC2c2ccccc2)cc2nc[nH]c12. The summed E-state index contributed by atoms with van der Waals surface area (Å²) in [6.45, 7) is 2.36. The van der Waals surface area contributed by atoms with Gasteiger partial charge >= 0.3 is 6.09 Å². The second kappa shape index (κ2) is 4.87. The van der Waals surface area contributed by atoms with Crippen LogP contribution < -0.4 is 4.90 Å². The van der Waals surface area contributed by atoms with E-state index in [1.54, 1.807) is 11.2 Å². The van der Waals surface area contributed by atoms with Gasteiger partial charge in [0, 0.05) is 0 Å². The summed E-state index contributed by atoms with van der Waals surface area (Å²) in [5, 5.41) is 0. The first-order chi connectivity index (χ1) is 10.7. The van der Waals surface area contributed by atoms with Gasteiger partial charge in [-0.05, 0) is 30.2 Å². The number of amides is 1. The Kier molecular flexibility index (Phi) is 2.85. The summed E-state index contributed by atoms with van der Waals surface area (Å²) in [7, 11) is 0. The van der Waals surface area contributed by atoms with Gasteiger partial charge in [0.2, 0.25) is 0 Å². The molecule has 110 valence electrons. The molecule has 1 fully saturated rings. The van der Waals surface area contributed by atoms with Gasteiger partial charge in [-0.1, -0.05) is 30.3 Å². The van der Waals surface area contributed by atoms with E-state index in [2.05, 4.69) is 9.97 Å². The quantitative estimate of drug-likeness (QED) is 0.785. The highest BCUT2D eigenvalue weighted by Crippen LogP contribution is 2.34. The Morgan fingerprint density at radius 3 is 2.91 bits per heavy atom. The Morgan fingerprint density at radius 2 is 2.09 bits per heavy atom. The van der Waals surface area contributed by atoms with E-state index in [9.17, 15) is 4.79 Å². The zero-order chi connectivity index (χ0) is 15.1. The molecule has 1 amide bonds. The molecular formula is C17H15N3O2. The van der Waals surface area contributed by atoms with Crippen molar-refractivity contribution in [3.63, 3.8) is 0 Å². The molecule has 2 heterocycles. The lowest BCUT2D eigenvalue weighted by Crippen LogP contribution is -2.27. The largest absolute Gasteiger partial charge is 0.447 e. The molecule has 0 spiro atoms. The number of hydrogen-bond donors (Lipinski definition) is 1. The van der Waals surface area contributed by atoms with E-state index in [1.165, 1.54) is 0 Å². The van der Waals surface area contributed by atoms with Crippen molar-refractivity contribution < 1.29 is 9.53 Å². The second-order valence-electron chi connectivity index (χ2n) is 5.43. The molecule has 1 N–H and O–H groups in total. The lowest BCUT2D eigenvalue weighted by molar-refractivity contribution is 0.179. The third-order valence-corrected chi connectivity index (χ3v) is 4.05. The summed E-state index contributed by atoms with van der Waals surface area (Å²) in [6.07, 6.45) is 1.35. The van der Waals surface area contributed by atoms with Gasteiger partial charge in [-0.25, -0.2) is 9.78 Å². The number of aromatic nitrogens is 2. The number of fused-ring (bicyclic) bond motifs is 1. The number of aryl methyl sites for hydroxylation is 1. The molecule has 1 saturated heterocycles. The number of benzene rings is 2. The van der Waals surface area contributed by atoms with Crippen LogP contribution in [0.2, 0.25) is 0 Å². The number of nitrogens with one attached hydrogen (secondary N) is 1. The molecule has 5 heteroatoms. The van der Waals surface area contributed by atoms with Crippen LogP contribution in [0.25, 0.3) is 11.0 Å². The summed E-state index contributed by atoms with van der Waals surface area (Å²) in [5.41, 5.74) is 4.77. The Balaban J connectivity index is 1.82. The fourth-order valence-electron chi connectivity index (χ4n) is 2.97. The van der Waals surface area contributed by atoms with Crippen LogP contribution in [0.4, 0.5) is 10.5 Å². The van der Waals surface area contributed by atoms with Gasteiger partial charge in [-0.15, -0.1) is 0 Å². The molecule has 1 atom stereocenters. The van der Waals surface area contributed by atoms with Crippen molar-refractivity contribution in [1.82, 2.24) is 9.97 Å². The Hall–Kier alpha value is -2.82. The number of imidazole rings is 1. The van der Waals surface area contributed by atoms with E-state index in [0.717, 1.165) is 27.8 Å². The molecule has 0 saturated carbocycles. The summed E-state index contributed by atoms with van der Waals surface area (Å²) >= 11 is 0. The van der Waals surface area contributed by atoms with E-state index in [1.807, 2.05) is 49.4 Å². The molecule has 3 aromatic rings. The molecule has 22 heavy (non-hydrogen) atoms. The van der Waals surface area contributed by atoms with Gasteiger partial charge in [-0.3, -0.25) is 4.90 Å². The minimum atomic E-state index is -0.317. The number of hydrogen-bond acceptors (Lipinski definition) is 3. The number of rotatable bonds is 2. The van der Waals surface area contributed by atoms with Crippen molar-refractivity contribution in [2.24, 2.45) is 0 Å². The number of nitrogens with zero attached hydrogens (tertiary/aromatic N) is 2. The van der Waals surface area contributed by atoms with Gasteiger partial charge in [-0.2, -0.15) is 0 Å². The molecule has 2 aromatic carbocycles. The Labute approximate surface area is 127 Å². The number of H-pyrrole nitrogens is 1. The van der Waals surface area contributed by atoms with Gasteiger partial charge in [0.1, 0.15) is 6.61 Å². The molecule has 1 aliphatic rings. The maximum absolute atomic E-state index is 12.2. The molecular weight excluding hydrogens is 278 g/mol. The summed E-state index contributed by atoms with van der Waals surface area (Å²) in [6, 6.07) is 13.7. The molecule has 4 rings (SSSR count). The van der Waals surface area contributed by atoms with Gasteiger partial charge in [0.15, 0.2) is 0 Å². The normalized spacial score (nSPS) is 18.0. The van der Waals surface area contributed by atoms with Crippen molar-refractivity contribution in [3.05, 3.63) is 59.9 Å². The third kappa shape index (κ3) is 1.94. The van der Waals surface area contributed by atoms with Gasteiger partial charge < -0.3 is 9.72 Å². The first kappa shape index (κ1) is 12.9. The first-order valence-electron chi connectivity index (χ1n) is 7.19. The maximum Gasteiger partial charge on any atom is 0.415 e. The van der Waals surface area contributed by atoms with E-state index in [-0.39, 0.29) is 12.1 Å². The van der Waals surface area contributed by atoms with Crippen LogP contribution in [0, 0.1) is 6.92 Å². The molecule has 1 aliphatic heterocycles. The van der Waals surface area contributed by atoms with Gasteiger partial charge in [0.25, 0.3) is 0 Å². The first-order valence-corrected chi connectivity index (χ1v) is 7.19. The predicted molar refractivity (Wildman–Crippen MR) is 83.8 cm³/mol. The topological polar surface area (TPSA) is 58.2 Å². The summed E-state index contributed by atoms with van der Waals surface area (Å²) in [4.78, 5) is 21.3. The average Bonchev–Trinajstić information content (AvgIpc) is 3.14. The maximum atomic E-state index is 12.2. The minimum Gasteiger partial charge on any atom is -0.447 e. The van der Waals surface area contributed by atoms with Crippen LogP contribution in [-0.4, -0.2) is 22.7 Å². The predicted octanol–water partition coefficient (Wildman–Crippen LogP) is 3.57. The van der Waals surface area contributed by atoms with E-state index in [0.29, 0.717) is 6.61 Å². The van der Waals surface area contributed by atoms with Crippen LogP contribution in [0.15, 0.2) is 48.8 Å². The number of ether oxygens (including phenoxy) is 1. The smallest absolute Gasteiger partial charge is 0.415 e. The van der Waals surface area contributed by atoms with Gasteiger partial charge in [0.05, 0.1) is 29.1 Å².